The van der Waals surface area contributed by atoms with Crippen molar-refractivity contribution in [3.8, 4) is 0 Å². The highest BCUT2D eigenvalue weighted by Crippen LogP contribution is 2.07. The minimum atomic E-state index is -0.685. The number of rotatable bonds is 12. The topological polar surface area (TPSA) is 107 Å². The van der Waals surface area contributed by atoms with Gasteiger partial charge in [-0.1, -0.05) is 50.1 Å². The highest BCUT2D eigenvalue weighted by atomic mass is 16.5. The largest absolute Gasteiger partial charge is 0.459 e. The molecular weight excluding hydrogens is 318 g/mol. The van der Waals surface area contributed by atoms with Crippen molar-refractivity contribution >= 4 is 11.9 Å². The van der Waals surface area contributed by atoms with Gasteiger partial charge in [-0.25, -0.2) is 4.79 Å². The summed E-state index contributed by atoms with van der Waals surface area (Å²) in [5.74, 6) is -0.736. The van der Waals surface area contributed by atoms with Crippen molar-refractivity contribution in [1.82, 2.24) is 5.32 Å². The van der Waals surface area contributed by atoms with Crippen LogP contribution in [0.5, 0.6) is 0 Å². The fourth-order valence-electron chi connectivity index (χ4n) is 2.40. The molecule has 6 heteroatoms. The van der Waals surface area contributed by atoms with Crippen molar-refractivity contribution in [1.29, 1.82) is 0 Å². The molecule has 0 fully saturated rings. The average molecular weight is 349 g/mol. The van der Waals surface area contributed by atoms with Crippen molar-refractivity contribution in [2.75, 3.05) is 6.54 Å². The van der Waals surface area contributed by atoms with Crippen LogP contribution in [-0.2, 0) is 20.9 Å². The predicted octanol–water partition coefficient (Wildman–Crippen LogP) is 1.86. The third-order valence-corrected chi connectivity index (χ3v) is 3.98. The number of carbonyl (C=O) groups excluding carboxylic acids is 2. The van der Waals surface area contributed by atoms with E-state index in [9.17, 15) is 9.59 Å². The Bertz CT molecular complexity index is 508. The van der Waals surface area contributed by atoms with Crippen LogP contribution in [0.1, 0.15) is 51.0 Å². The van der Waals surface area contributed by atoms with Gasteiger partial charge in [0.2, 0.25) is 5.91 Å². The lowest BCUT2D eigenvalue weighted by Crippen LogP contribution is -2.48. The molecule has 6 nitrogen and oxygen atoms in total. The first-order valence-electron chi connectivity index (χ1n) is 9.05. The highest BCUT2D eigenvalue weighted by molar-refractivity contribution is 5.87. The van der Waals surface area contributed by atoms with Crippen LogP contribution in [0.3, 0.4) is 0 Å². The number of nitrogens with two attached hydrogens (primary N) is 2. The van der Waals surface area contributed by atoms with E-state index in [-0.39, 0.29) is 12.5 Å². The first-order valence-corrected chi connectivity index (χ1v) is 9.05. The fraction of sp³-hybridized carbons (Fsp3) is 0.579. The Morgan fingerprint density at radius 2 is 1.84 bits per heavy atom. The number of unbranched alkanes of at least 4 members (excludes halogenated alkanes) is 2. The van der Waals surface area contributed by atoms with Crippen molar-refractivity contribution in [3.63, 3.8) is 0 Å². The molecule has 0 unspecified atom stereocenters. The third-order valence-electron chi connectivity index (χ3n) is 3.98. The maximum atomic E-state index is 12.4. The Morgan fingerprint density at radius 3 is 2.48 bits per heavy atom. The summed E-state index contributed by atoms with van der Waals surface area (Å²) >= 11 is 0. The van der Waals surface area contributed by atoms with E-state index in [1.807, 2.05) is 37.3 Å². The van der Waals surface area contributed by atoms with Crippen molar-refractivity contribution in [3.05, 3.63) is 35.9 Å². The number of hydrogen-bond donors (Lipinski definition) is 3. The number of ether oxygens (including phenoxy) is 1. The average Bonchev–Trinajstić information content (AvgIpc) is 2.64. The van der Waals surface area contributed by atoms with E-state index in [0.717, 1.165) is 31.2 Å². The first kappa shape index (κ1) is 21.1. The zero-order valence-electron chi connectivity index (χ0n) is 15.1. The molecule has 0 bridgehead atoms. The molecule has 0 aliphatic rings. The molecule has 0 radical (unpaired) electrons. The van der Waals surface area contributed by atoms with Gasteiger partial charge in [0.05, 0.1) is 6.04 Å². The van der Waals surface area contributed by atoms with Gasteiger partial charge >= 0.3 is 5.97 Å². The molecule has 0 spiro atoms. The number of nitrogens with one attached hydrogen (secondary N) is 1. The minimum Gasteiger partial charge on any atom is -0.459 e. The summed E-state index contributed by atoms with van der Waals surface area (Å²) in [5, 5.41) is 2.74. The van der Waals surface area contributed by atoms with Crippen LogP contribution in [0.4, 0.5) is 0 Å². The lowest BCUT2D eigenvalue weighted by molar-refractivity contribution is -0.149. The maximum Gasteiger partial charge on any atom is 0.328 e. The van der Waals surface area contributed by atoms with Crippen LogP contribution < -0.4 is 16.8 Å². The van der Waals surface area contributed by atoms with Gasteiger partial charge in [0, 0.05) is 0 Å². The summed E-state index contributed by atoms with van der Waals surface area (Å²) in [4.78, 5) is 24.6. The molecule has 1 aromatic carbocycles. The van der Waals surface area contributed by atoms with E-state index in [1.165, 1.54) is 0 Å². The lowest BCUT2D eigenvalue weighted by atomic mass is 10.1. The summed E-state index contributed by atoms with van der Waals surface area (Å²) in [6.07, 6.45) is 4.49. The van der Waals surface area contributed by atoms with Crippen molar-refractivity contribution in [2.24, 2.45) is 11.5 Å². The summed E-state index contributed by atoms with van der Waals surface area (Å²) in [6, 6.07) is 8.16. The Balaban J connectivity index is 2.57. The molecule has 25 heavy (non-hydrogen) atoms. The van der Waals surface area contributed by atoms with Gasteiger partial charge in [-0.2, -0.15) is 0 Å². The van der Waals surface area contributed by atoms with Crippen LogP contribution in [0.15, 0.2) is 30.3 Å². The molecule has 0 aliphatic heterocycles. The Kier molecular flexibility index (Phi) is 10.5. The van der Waals surface area contributed by atoms with E-state index < -0.39 is 18.1 Å². The second-order valence-corrected chi connectivity index (χ2v) is 6.19. The van der Waals surface area contributed by atoms with E-state index in [0.29, 0.717) is 19.4 Å². The molecular formula is C19H31N3O3. The van der Waals surface area contributed by atoms with Crippen LogP contribution >= 0.6 is 0 Å². The van der Waals surface area contributed by atoms with E-state index >= 15 is 0 Å². The Labute approximate surface area is 150 Å². The van der Waals surface area contributed by atoms with Gasteiger partial charge in [-0.15, -0.1) is 0 Å². The van der Waals surface area contributed by atoms with Gasteiger partial charge in [-0.3, -0.25) is 4.79 Å². The molecule has 1 rings (SSSR count). The van der Waals surface area contributed by atoms with Crippen LogP contribution in [0, 0.1) is 0 Å². The Hall–Kier alpha value is -1.92. The monoisotopic (exact) mass is 349 g/mol. The Morgan fingerprint density at radius 1 is 1.12 bits per heavy atom. The SMILES string of the molecule is CCCC[C@H](N)C(=O)N[C@@H](CCCCN)C(=O)OCc1ccccc1. The van der Waals surface area contributed by atoms with E-state index in [4.69, 9.17) is 16.2 Å². The lowest BCUT2D eigenvalue weighted by Gasteiger charge is -2.20. The van der Waals surface area contributed by atoms with Crippen LogP contribution in [-0.4, -0.2) is 30.5 Å². The molecule has 140 valence electrons. The molecule has 0 heterocycles. The quantitative estimate of drug-likeness (QED) is 0.394. The van der Waals surface area contributed by atoms with Crippen molar-refractivity contribution in [2.45, 2.75) is 64.1 Å². The third kappa shape index (κ3) is 8.65. The van der Waals surface area contributed by atoms with Gasteiger partial charge < -0.3 is 21.5 Å². The van der Waals surface area contributed by atoms with Crippen LogP contribution in [0.25, 0.3) is 0 Å². The standard InChI is InChI=1S/C19H31N3O3/c1-2-3-11-16(21)18(23)22-17(12-7-8-13-20)19(24)25-14-15-9-5-4-6-10-15/h4-6,9-10,16-17H,2-3,7-8,11-14,20-21H2,1H3,(H,22,23)/t16-,17-/m0/s1. The second kappa shape index (κ2) is 12.4. The minimum absolute atomic E-state index is 0.185. The summed E-state index contributed by atoms with van der Waals surface area (Å²) < 4.78 is 5.36. The van der Waals surface area contributed by atoms with Crippen LogP contribution in [0.2, 0.25) is 0 Å². The summed E-state index contributed by atoms with van der Waals surface area (Å²) in [7, 11) is 0. The molecule has 0 saturated heterocycles. The first-order chi connectivity index (χ1) is 12.1. The predicted molar refractivity (Wildman–Crippen MR) is 98.6 cm³/mol. The highest BCUT2D eigenvalue weighted by Gasteiger charge is 2.24. The normalized spacial score (nSPS) is 13.1. The van der Waals surface area contributed by atoms with Gasteiger partial charge in [0.1, 0.15) is 12.6 Å². The zero-order chi connectivity index (χ0) is 18.5. The number of hydrogen-bond acceptors (Lipinski definition) is 5. The van der Waals surface area contributed by atoms with Gasteiger partial charge in [-0.05, 0) is 37.8 Å². The number of carbonyl (C=O) groups is 2. The van der Waals surface area contributed by atoms with Gasteiger partial charge in [0.25, 0.3) is 0 Å². The molecule has 5 N–H and O–H groups in total. The zero-order valence-corrected chi connectivity index (χ0v) is 15.1. The molecule has 2 atom stereocenters. The molecule has 0 aliphatic carbocycles. The molecule has 0 aromatic heterocycles. The smallest absolute Gasteiger partial charge is 0.328 e. The number of esters is 1. The molecule has 0 saturated carbocycles. The van der Waals surface area contributed by atoms with E-state index in [2.05, 4.69) is 5.32 Å². The van der Waals surface area contributed by atoms with E-state index in [1.54, 1.807) is 0 Å². The van der Waals surface area contributed by atoms with Gasteiger partial charge in [0.15, 0.2) is 0 Å². The maximum absolute atomic E-state index is 12.4. The summed E-state index contributed by atoms with van der Waals surface area (Å²) in [5.41, 5.74) is 12.3. The molecule has 1 aromatic rings. The number of amides is 1. The number of benzene rings is 1. The molecule has 1 amide bonds. The summed E-state index contributed by atoms with van der Waals surface area (Å²) in [6.45, 7) is 2.78. The fourth-order valence-corrected chi connectivity index (χ4v) is 2.40. The second-order valence-electron chi connectivity index (χ2n) is 6.19. The van der Waals surface area contributed by atoms with Crippen molar-refractivity contribution < 1.29 is 14.3 Å².